The third kappa shape index (κ3) is 2.92. The lowest BCUT2D eigenvalue weighted by Crippen LogP contribution is -2.42. The SMILES string of the molecule is CC(C)[C@@H]1COC(=O)N1C(=O)Cc1ccc(F)cc1. The van der Waals surface area contributed by atoms with E-state index in [1.54, 1.807) is 12.1 Å². The average Bonchev–Trinajstić information content (AvgIpc) is 2.74. The van der Waals surface area contributed by atoms with Gasteiger partial charge in [0.1, 0.15) is 12.4 Å². The monoisotopic (exact) mass is 265 g/mol. The zero-order valence-electron chi connectivity index (χ0n) is 10.9. The predicted molar refractivity (Wildman–Crippen MR) is 66.9 cm³/mol. The third-order valence-corrected chi connectivity index (χ3v) is 3.21. The highest BCUT2D eigenvalue weighted by molar-refractivity contribution is 5.94. The Hall–Kier alpha value is -1.91. The molecule has 1 atom stereocenters. The highest BCUT2D eigenvalue weighted by atomic mass is 19.1. The summed E-state index contributed by atoms with van der Waals surface area (Å²) in [6, 6.07) is 5.45. The Bertz CT molecular complexity index is 484. The van der Waals surface area contributed by atoms with E-state index in [-0.39, 0.29) is 36.7 Å². The van der Waals surface area contributed by atoms with Crippen molar-refractivity contribution in [1.29, 1.82) is 0 Å². The fourth-order valence-corrected chi connectivity index (χ4v) is 2.08. The van der Waals surface area contributed by atoms with Gasteiger partial charge in [-0.05, 0) is 23.6 Å². The van der Waals surface area contributed by atoms with E-state index < -0.39 is 6.09 Å². The molecule has 0 radical (unpaired) electrons. The largest absolute Gasteiger partial charge is 0.447 e. The third-order valence-electron chi connectivity index (χ3n) is 3.21. The number of rotatable bonds is 3. The van der Waals surface area contributed by atoms with Crippen LogP contribution in [0.25, 0.3) is 0 Å². The first-order valence-corrected chi connectivity index (χ1v) is 6.22. The molecule has 1 saturated heterocycles. The van der Waals surface area contributed by atoms with Crippen molar-refractivity contribution in [3.05, 3.63) is 35.6 Å². The Morgan fingerprint density at radius 2 is 2.05 bits per heavy atom. The Kier molecular flexibility index (Phi) is 3.83. The molecule has 102 valence electrons. The second kappa shape index (κ2) is 5.38. The van der Waals surface area contributed by atoms with Crippen molar-refractivity contribution < 1.29 is 18.7 Å². The smallest absolute Gasteiger partial charge is 0.416 e. The standard InChI is InChI=1S/C14H16FNO3/c1-9(2)12-8-19-14(18)16(12)13(17)7-10-3-5-11(15)6-4-10/h3-6,9,12H,7-8H2,1-2H3/t12-/m0/s1. The molecule has 1 aromatic rings. The summed E-state index contributed by atoms with van der Waals surface area (Å²) < 4.78 is 17.7. The summed E-state index contributed by atoms with van der Waals surface area (Å²) in [7, 11) is 0. The van der Waals surface area contributed by atoms with Gasteiger partial charge in [-0.2, -0.15) is 0 Å². The van der Waals surface area contributed by atoms with Gasteiger partial charge in [0.15, 0.2) is 0 Å². The highest BCUT2D eigenvalue weighted by Crippen LogP contribution is 2.20. The number of halogens is 1. The molecule has 0 N–H and O–H groups in total. The second-order valence-corrected chi connectivity index (χ2v) is 4.96. The summed E-state index contributed by atoms with van der Waals surface area (Å²) >= 11 is 0. The van der Waals surface area contributed by atoms with Crippen molar-refractivity contribution in [2.24, 2.45) is 5.92 Å². The minimum atomic E-state index is -0.592. The van der Waals surface area contributed by atoms with Gasteiger partial charge in [0.2, 0.25) is 5.91 Å². The molecule has 0 aromatic heterocycles. The van der Waals surface area contributed by atoms with Crippen LogP contribution in [0, 0.1) is 11.7 Å². The van der Waals surface area contributed by atoms with Crippen molar-refractivity contribution in [1.82, 2.24) is 4.90 Å². The molecular weight excluding hydrogens is 249 g/mol. The maximum Gasteiger partial charge on any atom is 0.416 e. The van der Waals surface area contributed by atoms with Crippen LogP contribution in [0.4, 0.5) is 9.18 Å². The lowest BCUT2D eigenvalue weighted by Gasteiger charge is -2.22. The molecule has 2 rings (SSSR count). The van der Waals surface area contributed by atoms with Crippen LogP contribution in [0.2, 0.25) is 0 Å². The first-order chi connectivity index (χ1) is 8.99. The molecule has 4 nitrogen and oxygen atoms in total. The Morgan fingerprint density at radius 1 is 1.42 bits per heavy atom. The molecule has 0 unspecified atom stereocenters. The van der Waals surface area contributed by atoms with E-state index in [4.69, 9.17) is 4.74 Å². The number of hydrogen-bond acceptors (Lipinski definition) is 3. The zero-order chi connectivity index (χ0) is 14.0. The highest BCUT2D eigenvalue weighted by Gasteiger charge is 2.39. The fourth-order valence-electron chi connectivity index (χ4n) is 2.08. The summed E-state index contributed by atoms with van der Waals surface area (Å²) in [5, 5.41) is 0. The first-order valence-electron chi connectivity index (χ1n) is 6.22. The maximum absolute atomic E-state index is 12.8. The van der Waals surface area contributed by atoms with Crippen LogP contribution in [0.3, 0.4) is 0 Å². The van der Waals surface area contributed by atoms with Gasteiger partial charge < -0.3 is 4.74 Å². The van der Waals surface area contributed by atoms with Crippen molar-refractivity contribution in [3.63, 3.8) is 0 Å². The summed E-state index contributed by atoms with van der Waals surface area (Å²) in [6.07, 6.45) is -0.524. The number of carbonyl (C=O) groups is 2. The molecule has 2 amide bonds. The topological polar surface area (TPSA) is 46.6 Å². The number of ether oxygens (including phenoxy) is 1. The number of benzene rings is 1. The molecule has 0 bridgehead atoms. The molecule has 1 aromatic carbocycles. The molecule has 0 saturated carbocycles. The van der Waals surface area contributed by atoms with Crippen LogP contribution in [-0.4, -0.2) is 29.5 Å². The summed E-state index contributed by atoms with van der Waals surface area (Å²) in [5.41, 5.74) is 0.675. The van der Waals surface area contributed by atoms with Gasteiger partial charge >= 0.3 is 6.09 Å². The molecule has 0 spiro atoms. The Labute approximate surface area is 111 Å². The second-order valence-electron chi connectivity index (χ2n) is 4.96. The van der Waals surface area contributed by atoms with Gasteiger partial charge in [-0.25, -0.2) is 14.1 Å². The van der Waals surface area contributed by atoms with E-state index in [0.29, 0.717) is 5.56 Å². The Morgan fingerprint density at radius 3 is 2.63 bits per heavy atom. The van der Waals surface area contributed by atoms with E-state index in [9.17, 15) is 14.0 Å². The van der Waals surface area contributed by atoms with E-state index in [2.05, 4.69) is 0 Å². The van der Waals surface area contributed by atoms with Crippen molar-refractivity contribution >= 4 is 12.0 Å². The molecule has 1 aliphatic heterocycles. The Balaban J connectivity index is 2.10. The fraction of sp³-hybridized carbons (Fsp3) is 0.429. The van der Waals surface area contributed by atoms with Crippen LogP contribution < -0.4 is 0 Å². The first kappa shape index (κ1) is 13.5. The molecule has 5 heteroatoms. The number of amides is 2. The molecule has 19 heavy (non-hydrogen) atoms. The summed E-state index contributed by atoms with van der Waals surface area (Å²) in [5.74, 6) is -0.520. The predicted octanol–water partition coefficient (Wildman–Crippen LogP) is 2.37. The van der Waals surface area contributed by atoms with E-state index in [1.807, 2.05) is 13.8 Å². The number of hydrogen-bond donors (Lipinski definition) is 0. The van der Waals surface area contributed by atoms with Gasteiger partial charge in [-0.3, -0.25) is 4.79 Å². The maximum atomic E-state index is 12.8. The van der Waals surface area contributed by atoms with Crippen LogP contribution in [0.1, 0.15) is 19.4 Å². The van der Waals surface area contributed by atoms with Crippen LogP contribution in [-0.2, 0) is 16.0 Å². The van der Waals surface area contributed by atoms with Crippen LogP contribution in [0.5, 0.6) is 0 Å². The summed E-state index contributed by atoms with van der Waals surface area (Å²) in [6.45, 7) is 4.11. The van der Waals surface area contributed by atoms with Crippen LogP contribution >= 0.6 is 0 Å². The number of imide groups is 1. The van der Waals surface area contributed by atoms with E-state index >= 15 is 0 Å². The zero-order valence-corrected chi connectivity index (χ0v) is 10.9. The van der Waals surface area contributed by atoms with E-state index in [0.717, 1.165) is 0 Å². The molecule has 0 aliphatic carbocycles. The summed E-state index contributed by atoms with van der Waals surface area (Å²) in [4.78, 5) is 24.9. The minimum Gasteiger partial charge on any atom is -0.447 e. The molecule has 1 heterocycles. The molecular formula is C14H16FNO3. The number of nitrogens with zero attached hydrogens (tertiary/aromatic N) is 1. The van der Waals surface area contributed by atoms with E-state index in [1.165, 1.54) is 17.0 Å². The molecule has 1 fully saturated rings. The van der Waals surface area contributed by atoms with Gasteiger partial charge in [0.05, 0.1) is 12.5 Å². The van der Waals surface area contributed by atoms with Crippen molar-refractivity contribution in [2.45, 2.75) is 26.3 Å². The van der Waals surface area contributed by atoms with Crippen LogP contribution in [0.15, 0.2) is 24.3 Å². The average molecular weight is 265 g/mol. The molecule has 1 aliphatic rings. The minimum absolute atomic E-state index is 0.0681. The van der Waals surface area contributed by atoms with Crippen molar-refractivity contribution in [3.8, 4) is 0 Å². The number of cyclic esters (lactones) is 1. The van der Waals surface area contributed by atoms with Gasteiger partial charge in [0, 0.05) is 0 Å². The lowest BCUT2D eigenvalue weighted by atomic mass is 10.0. The lowest BCUT2D eigenvalue weighted by molar-refractivity contribution is -0.129. The van der Waals surface area contributed by atoms with Gasteiger partial charge in [-0.1, -0.05) is 26.0 Å². The number of carbonyl (C=O) groups excluding carboxylic acids is 2. The normalized spacial score (nSPS) is 18.8. The van der Waals surface area contributed by atoms with Crippen molar-refractivity contribution in [2.75, 3.05) is 6.61 Å². The quantitative estimate of drug-likeness (QED) is 0.843. The van der Waals surface area contributed by atoms with Gasteiger partial charge in [0.25, 0.3) is 0 Å². The van der Waals surface area contributed by atoms with Gasteiger partial charge in [-0.15, -0.1) is 0 Å².